The number of nitrogens with one attached hydrogen (secondary N) is 1. The standard InChI is InChI=1S/C17H22N4O/c22-16-7-4-8-18-17(16)19-9-10-20-11-13-21(14-12-20)15-5-2-1-3-6-15/h1-8,22H,9-14H2,(H,18,19). The lowest BCUT2D eigenvalue weighted by Crippen LogP contribution is -2.47. The summed E-state index contributed by atoms with van der Waals surface area (Å²) in [5.41, 5.74) is 1.30. The maximum atomic E-state index is 9.66. The van der Waals surface area contributed by atoms with Gasteiger partial charge in [-0.15, -0.1) is 0 Å². The van der Waals surface area contributed by atoms with Gasteiger partial charge in [0.15, 0.2) is 11.6 Å². The number of hydrogen-bond donors (Lipinski definition) is 2. The van der Waals surface area contributed by atoms with E-state index in [2.05, 4.69) is 50.4 Å². The van der Waals surface area contributed by atoms with Crippen LogP contribution in [0.4, 0.5) is 11.5 Å². The van der Waals surface area contributed by atoms with Crippen LogP contribution in [0.2, 0.25) is 0 Å². The molecule has 1 saturated heterocycles. The second-order valence-electron chi connectivity index (χ2n) is 5.46. The highest BCUT2D eigenvalue weighted by molar-refractivity contribution is 5.48. The minimum Gasteiger partial charge on any atom is -0.504 e. The summed E-state index contributed by atoms with van der Waals surface area (Å²) in [6, 6.07) is 13.9. The Bertz CT molecular complexity index is 582. The highest BCUT2D eigenvalue weighted by Crippen LogP contribution is 2.18. The molecule has 1 fully saturated rings. The molecule has 5 heteroatoms. The molecule has 3 rings (SSSR count). The highest BCUT2D eigenvalue weighted by atomic mass is 16.3. The van der Waals surface area contributed by atoms with Crippen molar-refractivity contribution in [1.82, 2.24) is 9.88 Å². The van der Waals surface area contributed by atoms with Gasteiger partial charge in [-0.3, -0.25) is 4.90 Å². The minimum atomic E-state index is 0.205. The van der Waals surface area contributed by atoms with Crippen molar-refractivity contribution in [3.63, 3.8) is 0 Å². The van der Waals surface area contributed by atoms with Crippen molar-refractivity contribution in [2.45, 2.75) is 0 Å². The number of pyridine rings is 1. The van der Waals surface area contributed by atoms with Crippen molar-refractivity contribution < 1.29 is 5.11 Å². The summed E-state index contributed by atoms with van der Waals surface area (Å²) in [7, 11) is 0. The largest absolute Gasteiger partial charge is 0.504 e. The van der Waals surface area contributed by atoms with E-state index in [9.17, 15) is 5.11 Å². The normalized spacial score (nSPS) is 15.7. The Balaban J connectivity index is 1.42. The molecule has 0 radical (unpaired) electrons. The molecule has 1 aliphatic heterocycles. The average molecular weight is 298 g/mol. The van der Waals surface area contributed by atoms with Crippen LogP contribution in [0.25, 0.3) is 0 Å². The number of para-hydroxylation sites is 1. The molecule has 0 amide bonds. The van der Waals surface area contributed by atoms with Gasteiger partial charge in [0.05, 0.1) is 0 Å². The zero-order valence-corrected chi connectivity index (χ0v) is 12.7. The molecule has 22 heavy (non-hydrogen) atoms. The lowest BCUT2D eigenvalue weighted by atomic mass is 10.2. The van der Waals surface area contributed by atoms with Gasteiger partial charge in [-0.25, -0.2) is 4.98 Å². The van der Waals surface area contributed by atoms with E-state index in [1.165, 1.54) is 5.69 Å². The summed E-state index contributed by atoms with van der Waals surface area (Å²) in [6.45, 7) is 5.97. The van der Waals surface area contributed by atoms with Gasteiger partial charge in [0.1, 0.15) is 0 Å². The van der Waals surface area contributed by atoms with Crippen LogP contribution in [0.1, 0.15) is 0 Å². The highest BCUT2D eigenvalue weighted by Gasteiger charge is 2.16. The number of benzene rings is 1. The first-order valence-electron chi connectivity index (χ1n) is 7.73. The molecular formula is C17H22N4O. The Kier molecular flexibility index (Phi) is 4.75. The van der Waals surface area contributed by atoms with E-state index in [0.717, 1.165) is 39.3 Å². The van der Waals surface area contributed by atoms with Crippen molar-refractivity contribution in [2.24, 2.45) is 0 Å². The summed E-state index contributed by atoms with van der Waals surface area (Å²) in [5.74, 6) is 0.766. The zero-order valence-electron chi connectivity index (χ0n) is 12.7. The Hall–Kier alpha value is -2.27. The second kappa shape index (κ2) is 7.13. The maximum Gasteiger partial charge on any atom is 0.168 e. The van der Waals surface area contributed by atoms with Crippen LogP contribution >= 0.6 is 0 Å². The molecule has 0 spiro atoms. The molecule has 0 aliphatic carbocycles. The van der Waals surface area contributed by atoms with Crippen molar-refractivity contribution in [2.75, 3.05) is 49.5 Å². The molecular weight excluding hydrogens is 276 g/mol. The molecule has 116 valence electrons. The van der Waals surface area contributed by atoms with Gasteiger partial charge in [-0.05, 0) is 24.3 Å². The Morgan fingerprint density at radius 1 is 1.00 bits per heavy atom. The van der Waals surface area contributed by atoms with Crippen LogP contribution in [0.3, 0.4) is 0 Å². The smallest absolute Gasteiger partial charge is 0.168 e. The summed E-state index contributed by atoms with van der Waals surface area (Å²) >= 11 is 0. The van der Waals surface area contributed by atoms with Crippen LogP contribution in [-0.4, -0.2) is 54.3 Å². The molecule has 2 N–H and O–H groups in total. The lowest BCUT2D eigenvalue weighted by Gasteiger charge is -2.36. The van der Waals surface area contributed by atoms with Crippen molar-refractivity contribution >= 4 is 11.5 Å². The van der Waals surface area contributed by atoms with Gasteiger partial charge in [0.25, 0.3) is 0 Å². The number of piperazine rings is 1. The third kappa shape index (κ3) is 3.68. The quantitative estimate of drug-likeness (QED) is 0.884. The summed E-state index contributed by atoms with van der Waals surface area (Å²) in [5, 5.41) is 12.8. The second-order valence-corrected chi connectivity index (χ2v) is 5.46. The molecule has 0 bridgehead atoms. The number of aromatic nitrogens is 1. The number of rotatable bonds is 5. The topological polar surface area (TPSA) is 51.6 Å². The molecule has 1 aromatic carbocycles. The monoisotopic (exact) mass is 298 g/mol. The van der Waals surface area contributed by atoms with Crippen molar-refractivity contribution in [1.29, 1.82) is 0 Å². The van der Waals surface area contributed by atoms with Gasteiger partial charge in [0, 0.05) is 51.2 Å². The Morgan fingerprint density at radius 3 is 2.50 bits per heavy atom. The maximum absolute atomic E-state index is 9.66. The average Bonchev–Trinajstić information content (AvgIpc) is 2.58. The number of aromatic hydroxyl groups is 1. The first-order valence-corrected chi connectivity index (χ1v) is 7.73. The summed E-state index contributed by atoms with van der Waals surface area (Å²) in [4.78, 5) is 8.99. The van der Waals surface area contributed by atoms with Crippen LogP contribution in [0.15, 0.2) is 48.7 Å². The third-order valence-electron chi connectivity index (χ3n) is 4.00. The van der Waals surface area contributed by atoms with E-state index < -0.39 is 0 Å². The Labute approximate surface area is 131 Å². The minimum absolute atomic E-state index is 0.205. The van der Waals surface area contributed by atoms with Crippen molar-refractivity contribution in [3.05, 3.63) is 48.7 Å². The van der Waals surface area contributed by atoms with Crippen LogP contribution < -0.4 is 10.2 Å². The van der Waals surface area contributed by atoms with E-state index in [0.29, 0.717) is 5.82 Å². The van der Waals surface area contributed by atoms with Crippen molar-refractivity contribution in [3.8, 4) is 5.75 Å². The molecule has 5 nitrogen and oxygen atoms in total. The molecule has 2 heterocycles. The van der Waals surface area contributed by atoms with Gasteiger partial charge in [0.2, 0.25) is 0 Å². The first-order chi connectivity index (χ1) is 10.8. The molecule has 1 aromatic heterocycles. The fourth-order valence-corrected chi connectivity index (χ4v) is 2.73. The van der Waals surface area contributed by atoms with E-state index in [1.54, 1.807) is 18.3 Å². The molecule has 0 atom stereocenters. The van der Waals surface area contributed by atoms with Gasteiger partial charge < -0.3 is 15.3 Å². The summed E-state index contributed by atoms with van der Waals surface area (Å²) in [6.07, 6.45) is 1.68. The predicted octanol–water partition coefficient (Wildman–Crippen LogP) is 2.02. The predicted molar refractivity (Wildman–Crippen MR) is 89.5 cm³/mol. The number of nitrogens with zero attached hydrogens (tertiary/aromatic N) is 3. The van der Waals surface area contributed by atoms with Crippen LogP contribution in [-0.2, 0) is 0 Å². The van der Waals surface area contributed by atoms with Crippen LogP contribution in [0.5, 0.6) is 5.75 Å². The van der Waals surface area contributed by atoms with E-state index in [1.807, 2.05) is 0 Å². The first kappa shape index (κ1) is 14.7. The third-order valence-corrected chi connectivity index (χ3v) is 4.00. The number of hydrogen-bond acceptors (Lipinski definition) is 5. The van der Waals surface area contributed by atoms with Gasteiger partial charge in [-0.1, -0.05) is 18.2 Å². The summed E-state index contributed by atoms with van der Waals surface area (Å²) < 4.78 is 0. The van der Waals surface area contributed by atoms with E-state index in [-0.39, 0.29) is 5.75 Å². The fraction of sp³-hybridized carbons (Fsp3) is 0.353. The molecule has 0 saturated carbocycles. The molecule has 0 unspecified atom stereocenters. The number of anilines is 2. The van der Waals surface area contributed by atoms with E-state index in [4.69, 9.17) is 0 Å². The molecule has 1 aliphatic rings. The SMILES string of the molecule is Oc1cccnc1NCCN1CCN(c2ccccc2)CC1. The lowest BCUT2D eigenvalue weighted by molar-refractivity contribution is 0.267. The zero-order chi connectivity index (χ0) is 15.2. The Morgan fingerprint density at radius 2 is 1.77 bits per heavy atom. The van der Waals surface area contributed by atoms with E-state index >= 15 is 0 Å². The van der Waals surface area contributed by atoms with Gasteiger partial charge in [-0.2, -0.15) is 0 Å². The van der Waals surface area contributed by atoms with Gasteiger partial charge >= 0.3 is 0 Å². The fourth-order valence-electron chi connectivity index (χ4n) is 2.73. The van der Waals surface area contributed by atoms with Crippen LogP contribution in [0, 0.1) is 0 Å². The molecule has 2 aromatic rings.